The van der Waals surface area contributed by atoms with Crippen LogP contribution in [0.5, 0.6) is 0 Å². The van der Waals surface area contributed by atoms with Gasteiger partial charge in [0.2, 0.25) is 0 Å². The summed E-state index contributed by atoms with van der Waals surface area (Å²) in [6.07, 6.45) is 11.8. The van der Waals surface area contributed by atoms with E-state index in [4.69, 9.17) is 0 Å². The monoisotopic (exact) mass is 170 g/mol. The quantitative estimate of drug-likeness (QED) is 0.569. The highest BCUT2D eigenvalue weighted by atomic mass is 14.4. The van der Waals surface area contributed by atoms with Crippen LogP contribution in [0.25, 0.3) is 0 Å². The van der Waals surface area contributed by atoms with Crippen LogP contribution in [0.4, 0.5) is 0 Å². The largest absolute Gasteiger partial charge is 0.0776 e. The fourth-order valence-electron chi connectivity index (χ4n) is 2.81. The molecule has 1 aliphatic rings. The third kappa shape index (κ3) is 2.80. The number of hydrogen-bond donors (Lipinski definition) is 0. The molecule has 0 heteroatoms. The van der Waals surface area contributed by atoms with Gasteiger partial charge in [-0.3, -0.25) is 0 Å². The molecule has 0 aromatic rings. The van der Waals surface area contributed by atoms with E-state index in [0.29, 0.717) is 0 Å². The lowest BCUT2D eigenvalue weighted by Gasteiger charge is -2.27. The Labute approximate surface area is 78.8 Å². The molecule has 0 amide bonds. The van der Waals surface area contributed by atoms with E-state index in [1.165, 1.54) is 51.4 Å². The summed E-state index contributed by atoms with van der Waals surface area (Å²) in [6, 6.07) is 0. The molecule has 1 rings (SSSR count). The topological polar surface area (TPSA) is 0 Å². The Balaban J connectivity index is 0.00000121. The normalized spacial score (nSPS) is 20.5. The molecule has 0 unspecified atom stereocenters. The zero-order valence-corrected chi connectivity index (χ0v) is 8.16. The Bertz CT molecular complexity index is 90.6. The van der Waals surface area contributed by atoms with E-state index >= 15 is 0 Å². The lowest BCUT2D eigenvalue weighted by molar-refractivity contribution is 0.243. The third-order valence-corrected chi connectivity index (χ3v) is 3.22. The van der Waals surface area contributed by atoms with E-state index in [1.807, 2.05) is 0 Å². The average Bonchev–Trinajstić information content (AvgIpc) is 2.39. The summed E-state index contributed by atoms with van der Waals surface area (Å²) in [5, 5.41) is 0. The molecule has 0 aliphatic heterocycles. The first-order valence-electron chi connectivity index (χ1n) is 5.33. The first-order chi connectivity index (χ1) is 5.33. The standard InChI is InChI=1S/C11H22.CH4/c1-3-7-11(8-4-2)9-5-6-10-11;/h3-10H2,1-2H3;1H4. The minimum absolute atomic E-state index is 0. The molecule has 1 saturated carbocycles. The Kier molecular flexibility index (Phi) is 5.61. The predicted octanol–water partition coefficient (Wildman–Crippen LogP) is 4.78. The summed E-state index contributed by atoms with van der Waals surface area (Å²) in [5.74, 6) is 0. The minimum Gasteiger partial charge on any atom is -0.0776 e. The van der Waals surface area contributed by atoms with Crippen LogP contribution in [0.2, 0.25) is 0 Å². The van der Waals surface area contributed by atoms with Crippen molar-refractivity contribution in [3.05, 3.63) is 0 Å². The van der Waals surface area contributed by atoms with Crippen LogP contribution < -0.4 is 0 Å². The maximum atomic E-state index is 2.33. The molecule has 0 bridgehead atoms. The summed E-state index contributed by atoms with van der Waals surface area (Å²) in [4.78, 5) is 0. The van der Waals surface area contributed by atoms with Crippen molar-refractivity contribution >= 4 is 0 Å². The van der Waals surface area contributed by atoms with Gasteiger partial charge < -0.3 is 0 Å². The molecule has 74 valence electrons. The van der Waals surface area contributed by atoms with Crippen LogP contribution in [-0.2, 0) is 0 Å². The second-order valence-corrected chi connectivity index (χ2v) is 4.21. The van der Waals surface area contributed by atoms with Gasteiger partial charge in [-0.1, -0.05) is 47.0 Å². The Morgan fingerprint density at radius 3 is 1.67 bits per heavy atom. The number of rotatable bonds is 4. The molecule has 12 heavy (non-hydrogen) atoms. The van der Waals surface area contributed by atoms with Gasteiger partial charge in [0.25, 0.3) is 0 Å². The van der Waals surface area contributed by atoms with Crippen LogP contribution in [0.3, 0.4) is 0 Å². The molecular formula is C12H26. The molecular weight excluding hydrogens is 144 g/mol. The van der Waals surface area contributed by atoms with Crippen molar-refractivity contribution < 1.29 is 0 Å². The van der Waals surface area contributed by atoms with E-state index in [2.05, 4.69) is 13.8 Å². The molecule has 1 aliphatic carbocycles. The molecule has 0 aromatic carbocycles. The Morgan fingerprint density at radius 2 is 1.33 bits per heavy atom. The van der Waals surface area contributed by atoms with Crippen molar-refractivity contribution in [1.29, 1.82) is 0 Å². The van der Waals surface area contributed by atoms with E-state index < -0.39 is 0 Å². The summed E-state index contributed by atoms with van der Waals surface area (Å²) in [6.45, 7) is 4.66. The summed E-state index contributed by atoms with van der Waals surface area (Å²) >= 11 is 0. The van der Waals surface area contributed by atoms with E-state index in [-0.39, 0.29) is 7.43 Å². The first kappa shape index (κ1) is 12.0. The van der Waals surface area contributed by atoms with Crippen molar-refractivity contribution in [2.45, 2.75) is 72.6 Å². The van der Waals surface area contributed by atoms with Crippen molar-refractivity contribution in [2.24, 2.45) is 5.41 Å². The second kappa shape index (κ2) is 5.61. The molecule has 0 saturated heterocycles. The molecule has 0 N–H and O–H groups in total. The fourth-order valence-corrected chi connectivity index (χ4v) is 2.81. The molecule has 1 fully saturated rings. The molecule has 0 heterocycles. The lowest BCUT2D eigenvalue weighted by atomic mass is 9.78. The van der Waals surface area contributed by atoms with Crippen molar-refractivity contribution in [1.82, 2.24) is 0 Å². The maximum absolute atomic E-state index is 2.33. The van der Waals surface area contributed by atoms with Gasteiger partial charge >= 0.3 is 0 Å². The molecule has 0 atom stereocenters. The summed E-state index contributed by atoms with van der Waals surface area (Å²) in [7, 11) is 0. The van der Waals surface area contributed by atoms with Gasteiger partial charge in [-0.2, -0.15) is 0 Å². The van der Waals surface area contributed by atoms with Gasteiger partial charge in [0, 0.05) is 0 Å². The van der Waals surface area contributed by atoms with Crippen LogP contribution >= 0.6 is 0 Å². The maximum Gasteiger partial charge on any atom is -0.0298 e. The second-order valence-electron chi connectivity index (χ2n) is 4.21. The minimum atomic E-state index is 0. The molecule has 0 radical (unpaired) electrons. The highest BCUT2D eigenvalue weighted by Gasteiger charge is 2.31. The lowest BCUT2D eigenvalue weighted by Crippen LogP contribution is -2.15. The van der Waals surface area contributed by atoms with Gasteiger partial charge in [-0.15, -0.1) is 0 Å². The highest BCUT2D eigenvalue weighted by Crippen LogP contribution is 2.45. The number of hydrogen-bond acceptors (Lipinski definition) is 0. The van der Waals surface area contributed by atoms with Crippen molar-refractivity contribution in [2.75, 3.05) is 0 Å². The van der Waals surface area contributed by atoms with Crippen LogP contribution in [0.1, 0.15) is 72.6 Å². The average molecular weight is 170 g/mol. The summed E-state index contributed by atoms with van der Waals surface area (Å²) in [5.41, 5.74) is 0.795. The van der Waals surface area contributed by atoms with E-state index in [0.717, 1.165) is 5.41 Å². The van der Waals surface area contributed by atoms with Gasteiger partial charge in [-0.25, -0.2) is 0 Å². The van der Waals surface area contributed by atoms with Crippen LogP contribution in [-0.4, -0.2) is 0 Å². The smallest absolute Gasteiger partial charge is 0.0298 e. The van der Waals surface area contributed by atoms with Gasteiger partial charge in [-0.05, 0) is 31.1 Å². The van der Waals surface area contributed by atoms with Crippen LogP contribution in [0, 0.1) is 5.41 Å². The van der Waals surface area contributed by atoms with Crippen molar-refractivity contribution in [3.8, 4) is 0 Å². The SMILES string of the molecule is C.CCCC1(CCC)CCCC1. The Morgan fingerprint density at radius 1 is 0.917 bits per heavy atom. The Hall–Kier alpha value is 0. The predicted molar refractivity (Wildman–Crippen MR) is 57.4 cm³/mol. The summed E-state index contributed by atoms with van der Waals surface area (Å²) < 4.78 is 0. The molecule has 0 nitrogen and oxygen atoms in total. The van der Waals surface area contributed by atoms with Gasteiger partial charge in [0.1, 0.15) is 0 Å². The molecule has 0 spiro atoms. The highest BCUT2D eigenvalue weighted by molar-refractivity contribution is 4.83. The third-order valence-electron chi connectivity index (χ3n) is 3.22. The zero-order valence-electron chi connectivity index (χ0n) is 8.16. The van der Waals surface area contributed by atoms with Gasteiger partial charge in [0.15, 0.2) is 0 Å². The van der Waals surface area contributed by atoms with E-state index in [1.54, 1.807) is 0 Å². The van der Waals surface area contributed by atoms with Crippen molar-refractivity contribution in [3.63, 3.8) is 0 Å². The fraction of sp³-hybridized carbons (Fsp3) is 1.00. The van der Waals surface area contributed by atoms with Gasteiger partial charge in [0.05, 0.1) is 0 Å². The zero-order chi connectivity index (χ0) is 8.16. The van der Waals surface area contributed by atoms with Crippen LogP contribution in [0.15, 0.2) is 0 Å². The molecule has 0 aromatic heterocycles. The first-order valence-corrected chi connectivity index (χ1v) is 5.33. The van der Waals surface area contributed by atoms with E-state index in [9.17, 15) is 0 Å².